The molecule has 4 amide bonds. The van der Waals surface area contributed by atoms with E-state index in [1.54, 1.807) is 4.90 Å². The van der Waals surface area contributed by atoms with Gasteiger partial charge >= 0.3 is 6.03 Å². The predicted molar refractivity (Wildman–Crippen MR) is 99.2 cm³/mol. The molecule has 0 bridgehead atoms. The molecule has 3 aliphatic heterocycles. The number of morpholine rings is 1. The van der Waals surface area contributed by atoms with Crippen LogP contribution >= 0.6 is 0 Å². The molecule has 3 aliphatic rings. The number of hydrogen-bond donors (Lipinski definition) is 2. The zero-order chi connectivity index (χ0) is 21.1. The van der Waals surface area contributed by atoms with E-state index in [1.165, 1.54) is 6.07 Å². The highest BCUT2D eigenvalue weighted by Crippen LogP contribution is 2.48. The van der Waals surface area contributed by atoms with Gasteiger partial charge in [-0.25, -0.2) is 9.18 Å². The van der Waals surface area contributed by atoms with Crippen molar-refractivity contribution in [1.82, 2.24) is 10.6 Å². The number of nitriles is 1. The predicted octanol–water partition coefficient (Wildman–Crippen LogP) is 1.22. The third-order valence-corrected chi connectivity index (χ3v) is 5.94. The number of ether oxygens (including phenoxy) is 1. The SMILES string of the molecule is CC(C)C1O[C@H](C)CN2c3c(F)cc(C#N)cc3CC3(C(=O)NC(=O)NC3=O)[C@@H]12. The van der Waals surface area contributed by atoms with Crippen LogP contribution < -0.4 is 15.5 Å². The van der Waals surface area contributed by atoms with Gasteiger partial charge in [0, 0.05) is 13.0 Å². The van der Waals surface area contributed by atoms with Gasteiger partial charge in [0.15, 0.2) is 5.41 Å². The molecule has 3 atom stereocenters. The zero-order valence-corrected chi connectivity index (χ0v) is 16.3. The highest BCUT2D eigenvalue weighted by molar-refractivity contribution is 6.20. The molecule has 2 N–H and O–H groups in total. The van der Waals surface area contributed by atoms with Crippen molar-refractivity contribution in [3.63, 3.8) is 0 Å². The first-order chi connectivity index (χ1) is 13.7. The van der Waals surface area contributed by atoms with Crippen LogP contribution in [0.2, 0.25) is 0 Å². The lowest BCUT2D eigenvalue weighted by molar-refractivity contribution is -0.156. The van der Waals surface area contributed by atoms with E-state index in [0.29, 0.717) is 5.56 Å². The number of imide groups is 2. The Hall–Kier alpha value is -2.99. The number of nitrogens with one attached hydrogen (secondary N) is 2. The smallest absolute Gasteiger partial charge is 0.328 e. The van der Waals surface area contributed by atoms with Crippen molar-refractivity contribution in [2.45, 2.75) is 45.4 Å². The van der Waals surface area contributed by atoms with E-state index in [4.69, 9.17) is 4.74 Å². The first-order valence-corrected chi connectivity index (χ1v) is 9.50. The van der Waals surface area contributed by atoms with Gasteiger partial charge in [0.2, 0.25) is 11.8 Å². The van der Waals surface area contributed by atoms with Gasteiger partial charge in [-0.2, -0.15) is 5.26 Å². The van der Waals surface area contributed by atoms with E-state index < -0.39 is 41.2 Å². The lowest BCUT2D eigenvalue weighted by Crippen LogP contribution is -2.76. The van der Waals surface area contributed by atoms with Gasteiger partial charge in [-0.05, 0) is 30.5 Å². The molecule has 0 saturated carbocycles. The third-order valence-electron chi connectivity index (χ3n) is 5.94. The zero-order valence-electron chi connectivity index (χ0n) is 16.3. The highest BCUT2D eigenvalue weighted by Gasteiger charge is 2.64. The molecular weight excluding hydrogens is 379 g/mol. The Bertz CT molecular complexity index is 950. The molecule has 1 unspecified atom stereocenters. The second-order valence-electron chi connectivity index (χ2n) is 8.22. The Morgan fingerprint density at radius 3 is 2.52 bits per heavy atom. The number of urea groups is 1. The lowest BCUT2D eigenvalue weighted by atomic mass is 9.65. The van der Waals surface area contributed by atoms with E-state index >= 15 is 4.39 Å². The maximum Gasteiger partial charge on any atom is 0.328 e. The average Bonchev–Trinajstić information content (AvgIpc) is 2.64. The van der Waals surface area contributed by atoms with E-state index in [-0.39, 0.29) is 36.2 Å². The molecule has 1 spiro atoms. The van der Waals surface area contributed by atoms with E-state index in [9.17, 15) is 19.6 Å². The summed E-state index contributed by atoms with van der Waals surface area (Å²) in [6.45, 7) is 5.92. The first-order valence-electron chi connectivity index (χ1n) is 9.50. The monoisotopic (exact) mass is 400 g/mol. The van der Waals surface area contributed by atoms with Crippen LogP contribution in [0.5, 0.6) is 0 Å². The number of nitrogens with zero attached hydrogens (tertiary/aromatic N) is 2. The summed E-state index contributed by atoms with van der Waals surface area (Å²) in [7, 11) is 0. The number of hydrogen-bond acceptors (Lipinski definition) is 6. The molecule has 1 aromatic rings. The fourth-order valence-corrected chi connectivity index (χ4v) is 4.83. The number of carbonyl (C=O) groups is 3. The highest BCUT2D eigenvalue weighted by atomic mass is 19.1. The van der Waals surface area contributed by atoms with Gasteiger partial charge in [-0.15, -0.1) is 0 Å². The third kappa shape index (κ3) is 2.70. The summed E-state index contributed by atoms with van der Waals surface area (Å²) in [6.07, 6.45) is -0.957. The topological polar surface area (TPSA) is 112 Å². The second kappa shape index (κ2) is 6.52. The Morgan fingerprint density at radius 1 is 1.28 bits per heavy atom. The minimum absolute atomic E-state index is 0.0802. The van der Waals surface area contributed by atoms with Crippen molar-refractivity contribution in [3.05, 3.63) is 29.1 Å². The van der Waals surface area contributed by atoms with Gasteiger partial charge in [0.05, 0.1) is 35.6 Å². The van der Waals surface area contributed by atoms with Crippen LogP contribution in [0.15, 0.2) is 12.1 Å². The molecular formula is C20H21FN4O4. The molecule has 29 heavy (non-hydrogen) atoms. The molecule has 0 aromatic heterocycles. The van der Waals surface area contributed by atoms with Crippen LogP contribution in [0.3, 0.4) is 0 Å². The summed E-state index contributed by atoms with van der Waals surface area (Å²) in [4.78, 5) is 39.7. The molecule has 4 rings (SSSR count). The number of amides is 4. The average molecular weight is 400 g/mol. The Kier molecular flexibility index (Phi) is 4.35. The minimum atomic E-state index is -1.68. The molecule has 0 aliphatic carbocycles. The van der Waals surface area contributed by atoms with Crippen LogP contribution in [0.4, 0.5) is 14.9 Å². The van der Waals surface area contributed by atoms with Crippen LogP contribution in [0.1, 0.15) is 31.9 Å². The largest absolute Gasteiger partial charge is 0.371 e. The van der Waals surface area contributed by atoms with Gasteiger partial charge in [0.1, 0.15) is 5.82 Å². The van der Waals surface area contributed by atoms with Crippen LogP contribution in [-0.4, -0.2) is 42.6 Å². The number of carbonyl (C=O) groups excluding carboxylic acids is 3. The molecule has 2 saturated heterocycles. The number of benzene rings is 1. The van der Waals surface area contributed by atoms with Crippen molar-refractivity contribution in [3.8, 4) is 6.07 Å². The number of rotatable bonds is 1. The lowest BCUT2D eigenvalue weighted by Gasteiger charge is -2.56. The summed E-state index contributed by atoms with van der Waals surface area (Å²) in [5.41, 5.74) is -0.924. The normalized spacial score (nSPS) is 27.8. The number of fused-ring (bicyclic) bond motifs is 4. The van der Waals surface area contributed by atoms with Crippen molar-refractivity contribution in [2.24, 2.45) is 11.3 Å². The van der Waals surface area contributed by atoms with Crippen LogP contribution in [-0.2, 0) is 20.7 Å². The Labute approximate surface area is 167 Å². The first kappa shape index (κ1) is 19.3. The molecule has 9 heteroatoms. The molecule has 1 aromatic carbocycles. The van der Waals surface area contributed by atoms with Gasteiger partial charge in [-0.1, -0.05) is 13.8 Å². The van der Waals surface area contributed by atoms with Crippen molar-refractivity contribution in [2.75, 3.05) is 11.4 Å². The van der Waals surface area contributed by atoms with Gasteiger partial charge < -0.3 is 9.64 Å². The van der Waals surface area contributed by atoms with Crippen molar-refractivity contribution >= 4 is 23.5 Å². The fraction of sp³-hybridized carbons (Fsp3) is 0.500. The maximum atomic E-state index is 15.1. The summed E-state index contributed by atoms with van der Waals surface area (Å²) in [5, 5.41) is 13.6. The number of barbiturate groups is 1. The summed E-state index contributed by atoms with van der Waals surface area (Å²) in [6, 6.07) is 2.87. The van der Waals surface area contributed by atoms with E-state index in [2.05, 4.69) is 10.6 Å². The fourth-order valence-electron chi connectivity index (χ4n) is 4.83. The van der Waals surface area contributed by atoms with Crippen LogP contribution in [0, 0.1) is 28.5 Å². The quantitative estimate of drug-likeness (QED) is 0.686. The molecule has 2 fully saturated rings. The minimum Gasteiger partial charge on any atom is -0.371 e. The molecule has 3 heterocycles. The maximum absolute atomic E-state index is 15.1. The second-order valence-corrected chi connectivity index (χ2v) is 8.22. The Morgan fingerprint density at radius 2 is 1.93 bits per heavy atom. The molecule has 0 radical (unpaired) electrons. The summed E-state index contributed by atoms with van der Waals surface area (Å²) < 4.78 is 21.2. The van der Waals surface area contributed by atoms with Crippen molar-refractivity contribution in [1.29, 1.82) is 5.26 Å². The molecule has 8 nitrogen and oxygen atoms in total. The number of halogens is 1. The van der Waals surface area contributed by atoms with Gasteiger partial charge in [0.25, 0.3) is 0 Å². The number of anilines is 1. The van der Waals surface area contributed by atoms with Crippen LogP contribution in [0.25, 0.3) is 0 Å². The standard InChI is InChI=1S/C20H21FN4O4/c1-9(2)15-16-20(17(26)23-19(28)24-18(20)27)6-12-4-11(7-22)5-13(21)14(12)25(16)8-10(3)29-15/h4-5,9-10,15-16H,6,8H2,1-3H3,(H2,23,24,26,27,28)/t10-,15?,16-/m1/s1. The van der Waals surface area contributed by atoms with Gasteiger partial charge in [-0.3, -0.25) is 20.2 Å². The summed E-state index contributed by atoms with van der Waals surface area (Å²) >= 11 is 0. The Balaban J connectivity index is 1.99. The van der Waals surface area contributed by atoms with E-state index in [0.717, 1.165) is 6.07 Å². The van der Waals surface area contributed by atoms with E-state index in [1.807, 2.05) is 26.8 Å². The summed E-state index contributed by atoms with van der Waals surface area (Å²) in [5.74, 6) is -2.14. The van der Waals surface area contributed by atoms with Crippen molar-refractivity contribution < 1.29 is 23.5 Å². The molecule has 152 valence electrons.